The molecule has 1 saturated heterocycles. The zero-order valence-corrected chi connectivity index (χ0v) is 19.1. The number of aryl methyl sites for hydroxylation is 1. The van der Waals surface area contributed by atoms with E-state index in [4.69, 9.17) is 0 Å². The van der Waals surface area contributed by atoms with E-state index in [0.717, 1.165) is 24.2 Å². The first-order chi connectivity index (χ1) is 14.3. The van der Waals surface area contributed by atoms with Gasteiger partial charge in [0.25, 0.3) is 5.91 Å². The van der Waals surface area contributed by atoms with Crippen molar-refractivity contribution in [3.8, 4) is 0 Å². The fraction of sp³-hybridized carbons (Fsp3) is 0.360. The van der Waals surface area contributed by atoms with Crippen LogP contribution in [0.15, 0.2) is 52.4 Å². The van der Waals surface area contributed by atoms with E-state index >= 15 is 0 Å². The second kappa shape index (κ2) is 7.95. The summed E-state index contributed by atoms with van der Waals surface area (Å²) >= 11 is 1.40. The molecule has 2 heterocycles. The molecule has 4 nitrogen and oxygen atoms in total. The maximum Gasteiger partial charge on any atom is 0.264 e. The molecule has 2 aliphatic heterocycles. The Labute approximate surface area is 183 Å². The van der Waals surface area contributed by atoms with E-state index in [2.05, 4.69) is 62.0 Å². The average molecular weight is 420 g/mol. The molecule has 0 spiro atoms. The van der Waals surface area contributed by atoms with Crippen molar-refractivity contribution in [1.29, 1.82) is 0 Å². The summed E-state index contributed by atoms with van der Waals surface area (Å²) in [5.41, 5.74) is 5.98. The van der Waals surface area contributed by atoms with Crippen LogP contribution >= 0.6 is 11.8 Å². The van der Waals surface area contributed by atoms with Gasteiger partial charge in [0.15, 0.2) is 5.17 Å². The summed E-state index contributed by atoms with van der Waals surface area (Å²) in [5, 5.41) is 3.51. The first-order valence-electron chi connectivity index (χ1n) is 10.6. The van der Waals surface area contributed by atoms with Gasteiger partial charge in [-0.05, 0) is 98.8 Å². The summed E-state index contributed by atoms with van der Waals surface area (Å²) < 4.78 is 0. The number of amidine groups is 1. The highest BCUT2D eigenvalue weighted by Crippen LogP contribution is 2.44. The molecule has 0 saturated carbocycles. The van der Waals surface area contributed by atoms with Crippen LogP contribution in [0.5, 0.6) is 0 Å². The lowest BCUT2D eigenvalue weighted by molar-refractivity contribution is -0.115. The quantitative estimate of drug-likeness (QED) is 0.621. The number of hydrogen-bond acceptors (Lipinski definition) is 4. The third kappa shape index (κ3) is 3.91. The number of rotatable bonds is 3. The van der Waals surface area contributed by atoms with Crippen molar-refractivity contribution in [2.45, 2.75) is 52.5 Å². The minimum atomic E-state index is -0.0869. The molecule has 1 atom stereocenters. The molecule has 0 aromatic heterocycles. The predicted octanol–water partition coefficient (Wildman–Crippen LogP) is 6.00. The van der Waals surface area contributed by atoms with Crippen LogP contribution < -0.4 is 10.2 Å². The Bertz CT molecular complexity index is 1040. The SMILES string of the molecule is CCN1c2cc(C)c(/C=C3\SC(=Nc4ccccc4)NC3=O)cc2[C@@H](C)CC1(C)C. The third-order valence-corrected chi connectivity index (χ3v) is 6.92. The van der Waals surface area contributed by atoms with Crippen molar-refractivity contribution in [2.75, 3.05) is 11.4 Å². The number of amides is 1. The van der Waals surface area contributed by atoms with Crippen molar-refractivity contribution >= 4 is 40.3 Å². The predicted molar refractivity (Wildman–Crippen MR) is 129 cm³/mol. The average Bonchev–Trinajstić information content (AvgIpc) is 3.02. The largest absolute Gasteiger partial charge is 0.366 e. The first kappa shape index (κ1) is 20.7. The minimum absolute atomic E-state index is 0.0869. The normalized spacial score (nSPS) is 23.0. The summed E-state index contributed by atoms with van der Waals surface area (Å²) in [6, 6.07) is 14.3. The number of benzene rings is 2. The second-order valence-electron chi connectivity index (χ2n) is 8.75. The Hall–Kier alpha value is -2.53. The van der Waals surface area contributed by atoms with E-state index in [1.165, 1.54) is 28.6 Å². The van der Waals surface area contributed by atoms with Crippen LogP contribution in [0.2, 0.25) is 0 Å². The summed E-state index contributed by atoms with van der Waals surface area (Å²) in [4.78, 5) is 20.3. The molecule has 4 rings (SSSR count). The van der Waals surface area contributed by atoms with Crippen molar-refractivity contribution < 1.29 is 4.79 Å². The van der Waals surface area contributed by atoms with Gasteiger partial charge in [0.1, 0.15) is 0 Å². The van der Waals surface area contributed by atoms with E-state index in [-0.39, 0.29) is 11.4 Å². The summed E-state index contributed by atoms with van der Waals surface area (Å²) in [5.74, 6) is 0.395. The maximum atomic E-state index is 12.5. The molecule has 0 radical (unpaired) electrons. The van der Waals surface area contributed by atoms with Crippen LogP contribution in [0.3, 0.4) is 0 Å². The second-order valence-corrected chi connectivity index (χ2v) is 9.78. The van der Waals surface area contributed by atoms with Crippen molar-refractivity contribution in [3.05, 3.63) is 64.1 Å². The standard InChI is InChI=1S/C25H29N3OS/c1-6-28-21-12-16(2)18(13-20(21)17(3)15-25(28,4)5)14-22-23(29)27-24(30-22)26-19-10-8-7-9-11-19/h7-14,17H,6,15H2,1-5H3,(H,26,27,29)/b22-14-/t17-/m0/s1. The summed E-state index contributed by atoms with van der Waals surface area (Å²) in [6.07, 6.45) is 3.13. The van der Waals surface area contributed by atoms with Crippen LogP contribution in [0, 0.1) is 6.92 Å². The monoisotopic (exact) mass is 419 g/mol. The van der Waals surface area contributed by atoms with Gasteiger partial charge in [-0.2, -0.15) is 0 Å². The molecule has 1 N–H and O–H groups in total. The van der Waals surface area contributed by atoms with E-state index < -0.39 is 0 Å². The van der Waals surface area contributed by atoms with Gasteiger partial charge >= 0.3 is 0 Å². The number of carbonyl (C=O) groups excluding carboxylic acids is 1. The Morgan fingerprint density at radius 1 is 1.27 bits per heavy atom. The lowest BCUT2D eigenvalue weighted by Gasteiger charge is -2.47. The van der Waals surface area contributed by atoms with Crippen LogP contribution in [-0.4, -0.2) is 23.2 Å². The molecule has 30 heavy (non-hydrogen) atoms. The first-order valence-corrected chi connectivity index (χ1v) is 11.4. The maximum absolute atomic E-state index is 12.5. The van der Waals surface area contributed by atoms with Crippen LogP contribution in [-0.2, 0) is 4.79 Å². The fourth-order valence-corrected chi connectivity index (χ4v) is 5.48. The van der Waals surface area contributed by atoms with Gasteiger partial charge in [-0.25, -0.2) is 4.99 Å². The highest BCUT2D eigenvalue weighted by Gasteiger charge is 2.35. The molecular weight excluding hydrogens is 390 g/mol. The Morgan fingerprint density at radius 2 is 2.00 bits per heavy atom. The van der Waals surface area contributed by atoms with Crippen LogP contribution in [0.25, 0.3) is 6.08 Å². The number of carbonyl (C=O) groups is 1. The van der Waals surface area contributed by atoms with Crippen molar-refractivity contribution in [1.82, 2.24) is 5.32 Å². The number of hydrogen-bond donors (Lipinski definition) is 1. The van der Waals surface area contributed by atoms with E-state index in [1.54, 1.807) is 0 Å². The molecule has 2 aromatic rings. The van der Waals surface area contributed by atoms with Gasteiger partial charge in [0.2, 0.25) is 0 Å². The lowest BCUT2D eigenvalue weighted by atomic mass is 9.79. The number of aliphatic imine (C=N–C) groups is 1. The number of fused-ring (bicyclic) bond motifs is 1. The number of anilines is 1. The molecule has 0 bridgehead atoms. The Morgan fingerprint density at radius 3 is 2.70 bits per heavy atom. The Kier molecular flexibility index (Phi) is 5.49. The van der Waals surface area contributed by atoms with Gasteiger partial charge < -0.3 is 10.2 Å². The lowest BCUT2D eigenvalue weighted by Crippen LogP contribution is -2.48. The van der Waals surface area contributed by atoms with Crippen LogP contribution in [0.1, 0.15) is 56.7 Å². The number of para-hydroxylation sites is 1. The minimum Gasteiger partial charge on any atom is -0.366 e. The third-order valence-electron chi connectivity index (χ3n) is 6.01. The summed E-state index contributed by atoms with van der Waals surface area (Å²) in [7, 11) is 0. The molecule has 1 fully saturated rings. The molecule has 0 aliphatic carbocycles. The van der Waals surface area contributed by atoms with Crippen LogP contribution in [0.4, 0.5) is 11.4 Å². The van der Waals surface area contributed by atoms with Gasteiger partial charge in [-0.15, -0.1) is 0 Å². The molecule has 5 heteroatoms. The number of thioether (sulfide) groups is 1. The molecule has 2 aliphatic rings. The zero-order valence-electron chi connectivity index (χ0n) is 18.3. The summed E-state index contributed by atoms with van der Waals surface area (Å²) in [6.45, 7) is 12.3. The highest BCUT2D eigenvalue weighted by molar-refractivity contribution is 8.18. The van der Waals surface area contributed by atoms with Crippen molar-refractivity contribution in [2.24, 2.45) is 4.99 Å². The van der Waals surface area contributed by atoms with E-state index in [1.807, 2.05) is 36.4 Å². The van der Waals surface area contributed by atoms with E-state index in [9.17, 15) is 4.79 Å². The number of nitrogens with one attached hydrogen (secondary N) is 1. The molecule has 156 valence electrons. The molecular formula is C25H29N3OS. The fourth-order valence-electron chi connectivity index (χ4n) is 4.65. The van der Waals surface area contributed by atoms with Crippen molar-refractivity contribution in [3.63, 3.8) is 0 Å². The van der Waals surface area contributed by atoms with Gasteiger partial charge in [0, 0.05) is 17.8 Å². The van der Waals surface area contributed by atoms with Gasteiger partial charge in [-0.1, -0.05) is 25.1 Å². The molecule has 0 unspecified atom stereocenters. The molecule has 2 aromatic carbocycles. The van der Waals surface area contributed by atoms with E-state index in [0.29, 0.717) is 16.0 Å². The highest BCUT2D eigenvalue weighted by atomic mass is 32.2. The zero-order chi connectivity index (χ0) is 21.5. The topological polar surface area (TPSA) is 44.7 Å². The smallest absolute Gasteiger partial charge is 0.264 e. The van der Waals surface area contributed by atoms with Gasteiger partial charge in [0.05, 0.1) is 10.6 Å². The number of nitrogens with zero attached hydrogens (tertiary/aromatic N) is 2. The Balaban J connectivity index is 1.67. The molecule has 1 amide bonds. The van der Waals surface area contributed by atoms with Gasteiger partial charge in [-0.3, -0.25) is 4.79 Å².